The third kappa shape index (κ3) is 4.49. The van der Waals surface area contributed by atoms with E-state index in [1.165, 1.54) is 12.3 Å². The van der Waals surface area contributed by atoms with Crippen molar-refractivity contribution in [1.82, 2.24) is 9.97 Å². The Labute approximate surface area is 210 Å². The van der Waals surface area contributed by atoms with E-state index < -0.39 is 11.1 Å². The lowest BCUT2D eigenvalue weighted by molar-refractivity contribution is -0.128. The number of nitrogen functional groups attached to an aromatic ring is 1. The second kappa shape index (κ2) is 10.2. The molecule has 1 amide bonds. The molecule has 1 aromatic carbocycles. The summed E-state index contributed by atoms with van der Waals surface area (Å²) in [6.45, 7) is 4.26. The first kappa shape index (κ1) is 24.1. The van der Waals surface area contributed by atoms with Gasteiger partial charge in [0.1, 0.15) is 12.3 Å². The molecule has 188 valence electrons. The second-order valence-corrected chi connectivity index (χ2v) is 9.61. The molecule has 0 bridgehead atoms. The molecule has 10 nitrogen and oxygen atoms in total. The smallest absolute Gasteiger partial charge is 0.321 e. The molecule has 0 spiro atoms. The first-order valence-corrected chi connectivity index (χ1v) is 12.3. The summed E-state index contributed by atoms with van der Waals surface area (Å²) in [6, 6.07) is 3.14. The van der Waals surface area contributed by atoms with Crippen molar-refractivity contribution >= 4 is 51.4 Å². The Morgan fingerprint density at radius 2 is 2.06 bits per heavy atom. The Bertz CT molecular complexity index is 1330. The van der Waals surface area contributed by atoms with E-state index in [0.717, 1.165) is 22.4 Å². The van der Waals surface area contributed by atoms with Gasteiger partial charge < -0.3 is 25.4 Å². The van der Waals surface area contributed by atoms with Crippen molar-refractivity contribution in [3.8, 4) is 17.0 Å². The molecule has 0 atom stereocenters. The number of hydroxylamine groups is 1. The number of nitrogens with two attached hydrogens (primary N) is 1. The van der Waals surface area contributed by atoms with Crippen molar-refractivity contribution in [3.63, 3.8) is 0 Å². The van der Waals surface area contributed by atoms with Gasteiger partial charge in [0, 0.05) is 53.9 Å². The summed E-state index contributed by atoms with van der Waals surface area (Å²) < 4.78 is 26.3. The highest BCUT2D eigenvalue weighted by Gasteiger charge is 2.27. The minimum atomic E-state index is -0.606. The lowest BCUT2D eigenvalue weighted by Gasteiger charge is -2.24. The molecule has 0 unspecified atom stereocenters. The van der Waals surface area contributed by atoms with Crippen LogP contribution in [0, 0.1) is 12.7 Å². The number of anilines is 3. The maximum absolute atomic E-state index is 15.4. The van der Waals surface area contributed by atoms with Crippen LogP contribution in [-0.4, -0.2) is 53.3 Å². The van der Waals surface area contributed by atoms with E-state index in [2.05, 4.69) is 15.3 Å². The van der Waals surface area contributed by atoms with E-state index in [-0.39, 0.29) is 28.8 Å². The lowest BCUT2D eigenvalue weighted by atomic mass is 9.97. The average Bonchev–Trinajstić information content (AvgIpc) is 2.90. The highest BCUT2D eigenvalue weighted by Crippen LogP contribution is 2.40. The number of amides is 1. The summed E-state index contributed by atoms with van der Waals surface area (Å²) in [4.78, 5) is 37.6. The van der Waals surface area contributed by atoms with E-state index in [9.17, 15) is 9.59 Å². The minimum Gasteiger partial charge on any atom is -0.474 e. The zero-order chi connectivity index (χ0) is 25.2. The number of ether oxygens (including phenoxy) is 2. The number of fused-ring (bicyclic) bond motifs is 2. The molecule has 4 heterocycles. The summed E-state index contributed by atoms with van der Waals surface area (Å²) in [5, 5.41) is 4.50. The fraction of sp³-hybridized carbons (Fsp3) is 0.333. The van der Waals surface area contributed by atoms with Crippen LogP contribution in [0.4, 0.5) is 26.4 Å². The molecule has 36 heavy (non-hydrogen) atoms. The number of benzene rings is 1. The molecule has 1 fully saturated rings. The molecule has 1 saturated heterocycles. The van der Waals surface area contributed by atoms with Crippen molar-refractivity contribution in [1.29, 1.82) is 0 Å². The molecule has 5 rings (SSSR count). The zero-order valence-corrected chi connectivity index (χ0v) is 20.3. The number of nitrogens with one attached hydrogen (secondary N) is 1. The molecule has 2 aliphatic heterocycles. The van der Waals surface area contributed by atoms with Crippen LogP contribution in [0.25, 0.3) is 21.9 Å². The number of hydrogen-bond acceptors (Lipinski definition) is 10. The van der Waals surface area contributed by atoms with Gasteiger partial charge in [-0.15, -0.1) is 5.06 Å². The third-order valence-electron chi connectivity index (χ3n) is 6.18. The van der Waals surface area contributed by atoms with Crippen molar-refractivity contribution in [2.75, 3.05) is 42.5 Å². The number of carbonyl (C=O) groups is 2. The number of aromatic nitrogens is 2. The van der Waals surface area contributed by atoms with Crippen molar-refractivity contribution in [2.45, 2.75) is 25.0 Å². The normalized spacial score (nSPS) is 15.5. The summed E-state index contributed by atoms with van der Waals surface area (Å²) >= 11 is 1.06. The van der Waals surface area contributed by atoms with Crippen LogP contribution in [0.1, 0.15) is 18.4 Å². The molecular formula is C24H24FN5O5S. The van der Waals surface area contributed by atoms with Gasteiger partial charge in [-0.1, -0.05) is 11.8 Å². The molecule has 12 heteroatoms. The van der Waals surface area contributed by atoms with Gasteiger partial charge in [0.05, 0.1) is 5.69 Å². The first-order valence-electron chi connectivity index (χ1n) is 11.4. The van der Waals surface area contributed by atoms with Crippen molar-refractivity contribution in [3.05, 3.63) is 35.9 Å². The number of thioether (sulfide) groups is 1. The fourth-order valence-corrected chi connectivity index (χ4v) is 5.25. The van der Waals surface area contributed by atoms with Gasteiger partial charge in [0.2, 0.25) is 5.88 Å². The number of halogens is 1. The Balaban J connectivity index is 1.54. The number of pyridine rings is 2. The Kier molecular flexibility index (Phi) is 6.79. The van der Waals surface area contributed by atoms with Gasteiger partial charge in [-0.25, -0.2) is 14.4 Å². The third-order valence-corrected chi connectivity index (χ3v) is 7.35. The largest absolute Gasteiger partial charge is 0.474 e. The molecule has 2 aromatic heterocycles. The number of hydrogen-bond donors (Lipinski definition) is 2. The van der Waals surface area contributed by atoms with Gasteiger partial charge in [-0.05, 0) is 42.8 Å². The predicted octanol–water partition coefficient (Wildman–Crippen LogP) is 4.06. The minimum absolute atomic E-state index is 0.0397. The topological polar surface area (TPSA) is 129 Å². The van der Waals surface area contributed by atoms with E-state index in [4.69, 9.17) is 20.0 Å². The van der Waals surface area contributed by atoms with E-state index in [1.54, 1.807) is 12.3 Å². The van der Waals surface area contributed by atoms with Crippen LogP contribution in [-0.2, 0) is 14.4 Å². The first-order chi connectivity index (χ1) is 17.5. The van der Waals surface area contributed by atoms with Crippen LogP contribution >= 0.6 is 11.8 Å². The second-order valence-electron chi connectivity index (χ2n) is 8.36. The standard InChI is InChI=1S/C24H24FN5O5S/c1-13-17(10-29-23-22(13)27-4-7-34-23)16-8-14-9-19(28-11-18(14)21(26)20(16)25)30(35-12-31)24(32)36-15-2-5-33-6-3-15/h8-12,15,27H,2-7,26H2,1H3. The monoisotopic (exact) mass is 513 g/mol. The highest BCUT2D eigenvalue weighted by atomic mass is 32.2. The Hall–Kier alpha value is -3.64. The molecule has 3 aromatic rings. The SMILES string of the molecule is Cc1c(-c2cc3cc(N(OC=O)C(=O)SC4CCOCC4)ncc3c(N)c2F)cnc2c1NCCO2. The van der Waals surface area contributed by atoms with Crippen LogP contribution in [0.5, 0.6) is 5.88 Å². The molecular weight excluding hydrogens is 489 g/mol. The van der Waals surface area contributed by atoms with Gasteiger partial charge in [0.25, 0.3) is 0 Å². The van der Waals surface area contributed by atoms with Crippen LogP contribution in [0.15, 0.2) is 24.5 Å². The average molecular weight is 514 g/mol. The number of nitrogens with zero attached hydrogens (tertiary/aromatic N) is 3. The van der Waals surface area contributed by atoms with Crippen LogP contribution in [0.3, 0.4) is 0 Å². The maximum Gasteiger partial charge on any atom is 0.321 e. The maximum atomic E-state index is 15.4. The summed E-state index contributed by atoms with van der Waals surface area (Å²) in [6.07, 6.45) is 4.32. The van der Waals surface area contributed by atoms with Gasteiger partial charge in [-0.2, -0.15) is 0 Å². The summed E-state index contributed by atoms with van der Waals surface area (Å²) in [5.74, 6) is -0.0670. The summed E-state index contributed by atoms with van der Waals surface area (Å²) in [7, 11) is 0. The molecule has 0 saturated carbocycles. The molecule has 0 radical (unpaired) electrons. The molecule has 0 aliphatic carbocycles. The highest BCUT2D eigenvalue weighted by molar-refractivity contribution is 8.14. The fourth-order valence-electron chi connectivity index (χ4n) is 4.30. The zero-order valence-electron chi connectivity index (χ0n) is 19.5. The number of rotatable bonds is 5. The molecule has 2 aliphatic rings. The van der Waals surface area contributed by atoms with Crippen LogP contribution in [0.2, 0.25) is 0 Å². The van der Waals surface area contributed by atoms with Crippen molar-refractivity contribution < 1.29 is 28.3 Å². The van der Waals surface area contributed by atoms with Crippen molar-refractivity contribution in [2.24, 2.45) is 0 Å². The Morgan fingerprint density at radius 1 is 1.25 bits per heavy atom. The van der Waals surface area contributed by atoms with E-state index >= 15 is 4.39 Å². The van der Waals surface area contributed by atoms with Gasteiger partial charge in [-0.3, -0.25) is 9.59 Å². The van der Waals surface area contributed by atoms with Gasteiger partial charge >= 0.3 is 11.7 Å². The van der Waals surface area contributed by atoms with E-state index in [1.807, 2.05) is 6.92 Å². The summed E-state index contributed by atoms with van der Waals surface area (Å²) in [5.41, 5.74) is 8.31. The van der Waals surface area contributed by atoms with Crippen LogP contribution < -0.4 is 20.9 Å². The Morgan fingerprint density at radius 3 is 2.83 bits per heavy atom. The van der Waals surface area contributed by atoms with Gasteiger partial charge in [0.15, 0.2) is 11.6 Å². The number of carbonyl (C=O) groups excluding carboxylic acids is 2. The quantitative estimate of drug-likeness (QED) is 0.293. The molecule has 3 N–H and O–H groups in total. The predicted molar refractivity (Wildman–Crippen MR) is 135 cm³/mol. The van der Waals surface area contributed by atoms with E-state index in [0.29, 0.717) is 67.1 Å². The lowest BCUT2D eigenvalue weighted by Crippen LogP contribution is -2.30.